The van der Waals surface area contributed by atoms with Crippen molar-refractivity contribution in [2.24, 2.45) is 5.92 Å². The smallest absolute Gasteiger partial charge is 0.296 e. The maximum Gasteiger partial charge on any atom is 0.296 e. The van der Waals surface area contributed by atoms with Crippen LogP contribution >= 0.6 is 22.7 Å². The van der Waals surface area contributed by atoms with Gasteiger partial charge < -0.3 is 5.11 Å². The van der Waals surface area contributed by atoms with Gasteiger partial charge in [-0.25, -0.2) is 4.98 Å². The number of hydrogen-bond acceptors (Lipinski definition) is 8. The molecule has 0 bridgehead atoms. The normalized spacial score (nSPS) is 17.0. The zero-order valence-electron chi connectivity index (χ0n) is 15.4. The number of benzene rings is 1. The van der Waals surface area contributed by atoms with Gasteiger partial charge in [-0.05, 0) is 17.5 Å². The molecule has 8 nitrogen and oxygen atoms in total. The SMILES string of the molecule is CC(C)C(=O)C1=C(O)C(=O)N(c2nc3ccc([N+](=O)[O-])cc3s2)C1c1cccs1. The summed E-state index contributed by atoms with van der Waals surface area (Å²) in [7, 11) is 0. The first kappa shape index (κ1) is 19.2. The van der Waals surface area contributed by atoms with E-state index in [9.17, 15) is 24.8 Å². The predicted molar refractivity (Wildman–Crippen MR) is 110 cm³/mol. The van der Waals surface area contributed by atoms with Crippen LogP contribution in [0.3, 0.4) is 0 Å². The van der Waals surface area contributed by atoms with Crippen molar-refractivity contribution < 1.29 is 19.6 Å². The van der Waals surface area contributed by atoms with Crippen molar-refractivity contribution in [2.75, 3.05) is 4.90 Å². The van der Waals surface area contributed by atoms with Gasteiger partial charge >= 0.3 is 0 Å². The first-order chi connectivity index (χ1) is 13.8. The van der Waals surface area contributed by atoms with E-state index in [0.717, 1.165) is 16.2 Å². The molecule has 0 fully saturated rings. The summed E-state index contributed by atoms with van der Waals surface area (Å²) >= 11 is 2.47. The molecule has 3 heterocycles. The number of fused-ring (bicyclic) bond motifs is 1. The molecule has 0 saturated heterocycles. The number of non-ortho nitro benzene ring substituents is 1. The van der Waals surface area contributed by atoms with Crippen molar-refractivity contribution in [1.29, 1.82) is 0 Å². The van der Waals surface area contributed by atoms with Crippen LogP contribution in [0.15, 0.2) is 47.0 Å². The minimum atomic E-state index is -0.784. The zero-order chi connectivity index (χ0) is 20.9. The zero-order valence-corrected chi connectivity index (χ0v) is 17.0. The van der Waals surface area contributed by atoms with Crippen molar-refractivity contribution in [3.8, 4) is 0 Å². The lowest BCUT2D eigenvalue weighted by atomic mass is 9.95. The van der Waals surface area contributed by atoms with E-state index < -0.39 is 28.5 Å². The molecule has 29 heavy (non-hydrogen) atoms. The number of aliphatic hydroxyl groups excluding tert-OH is 1. The van der Waals surface area contributed by atoms with Crippen LogP contribution in [0.2, 0.25) is 0 Å². The van der Waals surface area contributed by atoms with E-state index in [0.29, 0.717) is 10.2 Å². The lowest BCUT2D eigenvalue weighted by Crippen LogP contribution is -2.30. The molecule has 1 aromatic carbocycles. The molecule has 0 saturated carbocycles. The fourth-order valence-electron chi connectivity index (χ4n) is 3.20. The van der Waals surface area contributed by atoms with Crippen LogP contribution in [0.1, 0.15) is 24.8 Å². The second kappa shape index (κ2) is 7.05. The van der Waals surface area contributed by atoms with Gasteiger partial charge in [-0.15, -0.1) is 11.3 Å². The van der Waals surface area contributed by atoms with Gasteiger partial charge in [0.05, 0.1) is 20.7 Å². The first-order valence-electron chi connectivity index (χ1n) is 8.69. The highest BCUT2D eigenvalue weighted by atomic mass is 32.1. The molecule has 1 atom stereocenters. The Bertz CT molecular complexity index is 1180. The van der Waals surface area contributed by atoms with E-state index >= 15 is 0 Å². The topological polar surface area (TPSA) is 114 Å². The number of thiazole rings is 1. The average molecular weight is 429 g/mol. The fourth-order valence-corrected chi connectivity index (χ4v) is 5.05. The van der Waals surface area contributed by atoms with E-state index in [2.05, 4.69) is 4.98 Å². The molecular formula is C19H15N3O5S2. The largest absolute Gasteiger partial charge is 0.503 e. The van der Waals surface area contributed by atoms with Crippen LogP contribution in [-0.2, 0) is 9.59 Å². The Morgan fingerprint density at radius 3 is 2.72 bits per heavy atom. The fraction of sp³-hybridized carbons (Fsp3) is 0.211. The molecule has 1 amide bonds. The molecule has 2 aromatic heterocycles. The van der Waals surface area contributed by atoms with Crippen LogP contribution in [0.25, 0.3) is 10.2 Å². The quantitative estimate of drug-likeness (QED) is 0.475. The number of ketones is 1. The minimum absolute atomic E-state index is 0.0534. The Balaban J connectivity index is 1.86. The second-order valence-corrected chi connectivity index (χ2v) is 8.77. The lowest BCUT2D eigenvalue weighted by Gasteiger charge is -2.23. The maximum absolute atomic E-state index is 12.9. The molecule has 10 heteroatoms. The summed E-state index contributed by atoms with van der Waals surface area (Å²) in [5.41, 5.74) is 0.473. The summed E-state index contributed by atoms with van der Waals surface area (Å²) in [6.07, 6.45) is 0. The Hall–Kier alpha value is -3.11. The Labute approximate surface area is 172 Å². The number of Topliss-reactive ketones (excluding diaryl/α,β-unsaturated/α-hetero) is 1. The number of rotatable bonds is 5. The van der Waals surface area contributed by atoms with Crippen molar-refractivity contribution in [3.05, 3.63) is 62.0 Å². The van der Waals surface area contributed by atoms with E-state index in [1.165, 1.54) is 34.4 Å². The third-order valence-corrected chi connectivity index (χ3v) is 6.53. The van der Waals surface area contributed by atoms with E-state index in [-0.39, 0.29) is 22.2 Å². The van der Waals surface area contributed by atoms with Gasteiger partial charge in [-0.3, -0.25) is 24.6 Å². The van der Waals surface area contributed by atoms with E-state index in [1.807, 2.05) is 5.38 Å². The minimum Gasteiger partial charge on any atom is -0.503 e. The molecule has 1 unspecified atom stereocenters. The van der Waals surface area contributed by atoms with Gasteiger partial charge in [0.2, 0.25) is 0 Å². The second-order valence-electron chi connectivity index (χ2n) is 6.78. The number of nitro groups is 1. The lowest BCUT2D eigenvalue weighted by molar-refractivity contribution is -0.384. The molecule has 148 valence electrons. The number of anilines is 1. The number of amides is 1. The summed E-state index contributed by atoms with van der Waals surface area (Å²) in [4.78, 5) is 42.7. The molecule has 1 N–H and O–H groups in total. The van der Waals surface area contributed by atoms with Gasteiger partial charge in [-0.2, -0.15) is 0 Å². The van der Waals surface area contributed by atoms with Gasteiger partial charge in [0, 0.05) is 22.9 Å². The number of aromatic nitrogens is 1. The van der Waals surface area contributed by atoms with E-state index in [1.54, 1.807) is 26.0 Å². The van der Waals surface area contributed by atoms with Gasteiger partial charge in [-0.1, -0.05) is 31.3 Å². The summed E-state index contributed by atoms with van der Waals surface area (Å²) in [6, 6.07) is 7.06. The number of nitrogens with zero attached hydrogens (tertiary/aromatic N) is 3. The van der Waals surface area contributed by atoms with Crippen molar-refractivity contribution >= 4 is 55.4 Å². The highest BCUT2D eigenvalue weighted by Crippen LogP contribution is 2.45. The number of thiophene rings is 1. The third-order valence-electron chi connectivity index (χ3n) is 4.59. The Morgan fingerprint density at radius 1 is 1.34 bits per heavy atom. The van der Waals surface area contributed by atoms with Crippen molar-refractivity contribution in [3.63, 3.8) is 0 Å². The number of nitro benzene ring substituents is 1. The van der Waals surface area contributed by atoms with Crippen LogP contribution in [-0.4, -0.2) is 26.7 Å². The Morgan fingerprint density at radius 2 is 2.10 bits per heavy atom. The molecule has 0 radical (unpaired) electrons. The van der Waals surface area contributed by atoms with E-state index in [4.69, 9.17) is 0 Å². The Kier molecular flexibility index (Phi) is 4.67. The molecule has 0 aliphatic carbocycles. The van der Waals surface area contributed by atoms with Gasteiger partial charge in [0.1, 0.15) is 6.04 Å². The molecular weight excluding hydrogens is 414 g/mol. The molecule has 0 spiro atoms. The average Bonchev–Trinajstić information content (AvgIpc) is 3.39. The standard InChI is InChI=1S/C19H15N3O5S2/c1-9(2)16(23)14-15(12-4-3-7-28-12)21(18(25)17(14)24)19-20-11-6-5-10(22(26)27)8-13(11)29-19/h3-9,15,24H,1-2H3. The first-order valence-corrected chi connectivity index (χ1v) is 10.4. The molecule has 1 aliphatic heterocycles. The maximum atomic E-state index is 12.9. The number of carbonyl (C=O) groups is 2. The molecule has 4 rings (SSSR count). The summed E-state index contributed by atoms with van der Waals surface area (Å²) < 4.78 is 0.537. The van der Waals surface area contributed by atoms with Crippen LogP contribution in [0.4, 0.5) is 10.8 Å². The number of aliphatic hydroxyl groups is 1. The number of hydrogen-bond donors (Lipinski definition) is 1. The van der Waals surface area contributed by atoms with Crippen LogP contribution < -0.4 is 4.90 Å². The summed E-state index contributed by atoms with van der Waals surface area (Å²) in [5.74, 6) is -2.00. The number of carbonyl (C=O) groups excluding carboxylic acids is 2. The summed E-state index contributed by atoms with van der Waals surface area (Å²) in [6.45, 7) is 3.41. The third kappa shape index (κ3) is 3.10. The van der Waals surface area contributed by atoms with Crippen molar-refractivity contribution in [2.45, 2.75) is 19.9 Å². The highest BCUT2D eigenvalue weighted by molar-refractivity contribution is 7.22. The molecule has 3 aromatic rings. The van der Waals surface area contributed by atoms with Gasteiger partial charge in [0.15, 0.2) is 16.7 Å². The van der Waals surface area contributed by atoms with Crippen LogP contribution in [0, 0.1) is 16.0 Å². The highest BCUT2D eigenvalue weighted by Gasteiger charge is 2.46. The summed E-state index contributed by atoms with van der Waals surface area (Å²) in [5, 5.41) is 23.7. The predicted octanol–water partition coefficient (Wildman–Crippen LogP) is 4.39. The van der Waals surface area contributed by atoms with Crippen LogP contribution in [0.5, 0.6) is 0 Å². The van der Waals surface area contributed by atoms with Crippen molar-refractivity contribution in [1.82, 2.24) is 4.98 Å². The monoisotopic (exact) mass is 429 g/mol. The van der Waals surface area contributed by atoms with Gasteiger partial charge in [0.25, 0.3) is 11.6 Å². The molecule has 1 aliphatic rings.